The summed E-state index contributed by atoms with van der Waals surface area (Å²) in [4.78, 5) is 0. The average molecular weight is 162 g/mol. The molecule has 0 aromatic heterocycles. The predicted octanol–water partition coefficient (Wildman–Crippen LogP) is 1.12. The molecule has 1 aliphatic heterocycles. The molecule has 62 valence electrons. The van der Waals surface area contributed by atoms with Gasteiger partial charge in [-0.05, 0) is 11.6 Å². The highest BCUT2D eigenvalue weighted by atomic mass is 16.5. The van der Waals surface area contributed by atoms with E-state index in [0.29, 0.717) is 0 Å². The maximum atomic E-state index is 9.77. The van der Waals surface area contributed by atoms with E-state index in [1.54, 1.807) is 0 Å². The zero-order valence-electron chi connectivity index (χ0n) is 6.66. The number of ether oxygens (including phenoxy) is 1. The largest absolute Gasteiger partial charge is 0.487 e. The van der Waals surface area contributed by atoms with Crippen LogP contribution in [0, 0.1) is 0 Å². The van der Waals surface area contributed by atoms with Gasteiger partial charge in [0, 0.05) is 12.8 Å². The van der Waals surface area contributed by atoms with Crippen molar-refractivity contribution >= 4 is 0 Å². The molecule has 0 spiro atoms. The maximum Gasteiger partial charge on any atom is 0.131 e. The molecule has 1 aromatic carbocycles. The fraction of sp³-hybridized carbons (Fsp3) is 0.400. The monoisotopic (exact) mass is 162 g/mol. The van der Waals surface area contributed by atoms with Crippen molar-refractivity contribution in [2.75, 3.05) is 0 Å². The van der Waals surface area contributed by atoms with Gasteiger partial charge in [-0.25, -0.2) is 0 Å². The number of rotatable bonds is 0. The molecule has 12 heavy (non-hydrogen) atoms. The highest BCUT2D eigenvalue weighted by molar-refractivity contribution is 5.40. The summed E-state index contributed by atoms with van der Waals surface area (Å²) in [5.41, 5.74) is 0.600. The van der Waals surface area contributed by atoms with Crippen LogP contribution in [-0.4, -0.2) is 16.8 Å². The fourth-order valence-corrected chi connectivity index (χ4v) is 1.85. The Hall–Kier alpha value is -1.02. The van der Waals surface area contributed by atoms with E-state index in [1.165, 1.54) is 0 Å². The Morgan fingerprint density at radius 3 is 3.17 bits per heavy atom. The van der Waals surface area contributed by atoms with Crippen LogP contribution in [-0.2, 0) is 6.42 Å². The van der Waals surface area contributed by atoms with Crippen molar-refractivity contribution in [3.8, 4) is 5.75 Å². The lowest BCUT2D eigenvalue weighted by atomic mass is 10.0. The fourth-order valence-electron chi connectivity index (χ4n) is 1.85. The van der Waals surface area contributed by atoms with Gasteiger partial charge >= 0.3 is 0 Å². The highest BCUT2D eigenvalue weighted by Crippen LogP contribution is 2.47. The van der Waals surface area contributed by atoms with Gasteiger partial charge in [0.15, 0.2) is 0 Å². The second-order valence-electron chi connectivity index (χ2n) is 3.70. The molecule has 0 bridgehead atoms. The van der Waals surface area contributed by atoms with Crippen LogP contribution in [0.4, 0.5) is 0 Å². The third kappa shape index (κ3) is 0.730. The maximum absolute atomic E-state index is 9.77. The zero-order valence-corrected chi connectivity index (χ0v) is 6.66. The Morgan fingerprint density at radius 2 is 2.25 bits per heavy atom. The minimum Gasteiger partial charge on any atom is -0.487 e. The first-order chi connectivity index (χ1) is 5.78. The molecule has 2 atom stereocenters. The third-order valence-corrected chi connectivity index (χ3v) is 2.72. The van der Waals surface area contributed by atoms with Crippen LogP contribution in [0.25, 0.3) is 0 Å². The van der Waals surface area contributed by atoms with Crippen molar-refractivity contribution < 1.29 is 9.84 Å². The van der Waals surface area contributed by atoms with Gasteiger partial charge in [-0.1, -0.05) is 18.2 Å². The Kier molecular flexibility index (Phi) is 0.989. The summed E-state index contributed by atoms with van der Waals surface area (Å²) in [5, 5.41) is 9.77. The van der Waals surface area contributed by atoms with E-state index in [1.807, 2.05) is 24.3 Å². The minimum atomic E-state index is -0.533. The van der Waals surface area contributed by atoms with Gasteiger partial charge < -0.3 is 9.84 Å². The van der Waals surface area contributed by atoms with Crippen molar-refractivity contribution in [2.24, 2.45) is 0 Å². The molecule has 2 unspecified atom stereocenters. The van der Waals surface area contributed by atoms with Crippen molar-refractivity contribution in [1.29, 1.82) is 0 Å². The Bertz CT molecular complexity index is 334. The van der Waals surface area contributed by atoms with Gasteiger partial charge in [-0.2, -0.15) is 0 Å². The molecular weight excluding hydrogens is 152 g/mol. The molecule has 3 rings (SSSR count). The minimum absolute atomic E-state index is 0.0624. The molecule has 0 saturated heterocycles. The number of fused-ring (bicyclic) bond motifs is 2. The van der Waals surface area contributed by atoms with E-state index >= 15 is 0 Å². The van der Waals surface area contributed by atoms with E-state index in [0.717, 1.165) is 24.2 Å². The summed E-state index contributed by atoms with van der Waals surface area (Å²) in [6, 6.07) is 7.93. The molecule has 2 heteroatoms. The highest BCUT2D eigenvalue weighted by Gasteiger charge is 2.57. The van der Waals surface area contributed by atoms with Gasteiger partial charge in [-0.3, -0.25) is 0 Å². The van der Waals surface area contributed by atoms with Crippen LogP contribution in [0.15, 0.2) is 24.3 Å². The SMILES string of the molecule is OC12Cc3ccccc3OC1C2. The van der Waals surface area contributed by atoms with E-state index < -0.39 is 5.60 Å². The van der Waals surface area contributed by atoms with Crippen LogP contribution in [0.3, 0.4) is 0 Å². The average Bonchev–Trinajstić information content (AvgIpc) is 2.70. The van der Waals surface area contributed by atoms with Gasteiger partial charge in [0.2, 0.25) is 0 Å². The molecule has 1 aliphatic carbocycles. The van der Waals surface area contributed by atoms with Gasteiger partial charge in [0.25, 0.3) is 0 Å². The third-order valence-electron chi connectivity index (χ3n) is 2.72. The van der Waals surface area contributed by atoms with Crippen LogP contribution in [0.1, 0.15) is 12.0 Å². The normalized spacial score (nSPS) is 36.2. The zero-order chi connectivity index (χ0) is 8.18. The number of benzene rings is 1. The van der Waals surface area contributed by atoms with Gasteiger partial charge in [0.05, 0.1) is 0 Å². The van der Waals surface area contributed by atoms with Crippen LogP contribution in [0.2, 0.25) is 0 Å². The summed E-state index contributed by atoms with van der Waals surface area (Å²) in [6.45, 7) is 0. The van der Waals surface area contributed by atoms with Crippen molar-refractivity contribution in [3.63, 3.8) is 0 Å². The Morgan fingerprint density at radius 1 is 1.42 bits per heavy atom. The number of para-hydroxylation sites is 1. The second-order valence-corrected chi connectivity index (χ2v) is 3.70. The summed E-state index contributed by atoms with van der Waals surface area (Å²) < 4.78 is 5.56. The molecular formula is C10H10O2. The molecule has 1 saturated carbocycles. The first kappa shape index (κ1) is 6.49. The summed E-state index contributed by atoms with van der Waals surface area (Å²) in [5.74, 6) is 0.949. The van der Waals surface area contributed by atoms with E-state index in [9.17, 15) is 5.11 Å². The molecule has 1 aromatic rings. The summed E-state index contributed by atoms with van der Waals surface area (Å²) >= 11 is 0. The summed E-state index contributed by atoms with van der Waals surface area (Å²) in [6.07, 6.45) is 1.61. The van der Waals surface area contributed by atoms with E-state index in [2.05, 4.69) is 0 Å². The first-order valence-electron chi connectivity index (χ1n) is 4.25. The molecule has 2 aliphatic rings. The van der Waals surface area contributed by atoms with Crippen LogP contribution in [0.5, 0.6) is 5.75 Å². The van der Waals surface area contributed by atoms with Crippen molar-refractivity contribution in [2.45, 2.75) is 24.5 Å². The topological polar surface area (TPSA) is 29.5 Å². The van der Waals surface area contributed by atoms with E-state index in [-0.39, 0.29) is 6.10 Å². The van der Waals surface area contributed by atoms with Crippen LogP contribution < -0.4 is 4.74 Å². The number of hydrogen-bond donors (Lipinski definition) is 1. The quantitative estimate of drug-likeness (QED) is 0.619. The lowest BCUT2D eigenvalue weighted by Crippen LogP contribution is -2.25. The number of hydrogen-bond acceptors (Lipinski definition) is 2. The molecule has 0 radical (unpaired) electrons. The van der Waals surface area contributed by atoms with Gasteiger partial charge in [-0.15, -0.1) is 0 Å². The number of aliphatic hydroxyl groups is 1. The standard InChI is InChI=1S/C10H10O2/c11-10-5-7-3-1-2-4-8(7)12-9(10)6-10/h1-4,9,11H,5-6H2. The molecule has 2 nitrogen and oxygen atoms in total. The van der Waals surface area contributed by atoms with E-state index in [4.69, 9.17) is 4.74 Å². The van der Waals surface area contributed by atoms with Crippen molar-refractivity contribution in [1.82, 2.24) is 0 Å². The van der Waals surface area contributed by atoms with Crippen molar-refractivity contribution in [3.05, 3.63) is 29.8 Å². The van der Waals surface area contributed by atoms with Crippen LogP contribution >= 0.6 is 0 Å². The summed E-state index contributed by atoms with van der Waals surface area (Å²) in [7, 11) is 0. The molecule has 0 amide bonds. The first-order valence-corrected chi connectivity index (χ1v) is 4.25. The molecule has 1 N–H and O–H groups in total. The lowest BCUT2D eigenvalue weighted by Gasteiger charge is -2.20. The second kappa shape index (κ2) is 1.83. The Labute approximate surface area is 70.8 Å². The molecule has 1 heterocycles. The predicted molar refractivity (Wildman–Crippen MR) is 44.1 cm³/mol. The molecule has 1 fully saturated rings. The Balaban J connectivity index is 2.06. The smallest absolute Gasteiger partial charge is 0.131 e. The lowest BCUT2D eigenvalue weighted by molar-refractivity contribution is 0.0820. The van der Waals surface area contributed by atoms with Gasteiger partial charge in [0.1, 0.15) is 17.5 Å².